The molecule has 110 valence electrons. The van der Waals surface area contributed by atoms with Gasteiger partial charge < -0.3 is 9.64 Å². The average molecular weight is 323 g/mol. The average Bonchev–Trinajstić information content (AvgIpc) is 2.96. The Balaban J connectivity index is 1.80. The van der Waals surface area contributed by atoms with Crippen LogP contribution < -0.4 is 0 Å². The van der Waals surface area contributed by atoms with Gasteiger partial charge in [0.25, 0.3) is 5.91 Å². The number of thiazole rings is 1. The van der Waals surface area contributed by atoms with Crippen LogP contribution in [0.4, 0.5) is 0 Å². The van der Waals surface area contributed by atoms with Crippen molar-refractivity contribution in [2.75, 3.05) is 19.7 Å². The molecule has 2 heterocycles. The summed E-state index contributed by atoms with van der Waals surface area (Å²) in [5.41, 5.74) is 1.42. The lowest BCUT2D eigenvalue weighted by Gasteiger charge is -2.30. The molecular weight excluding hydrogens is 308 g/mol. The fourth-order valence-electron chi connectivity index (χ4n) is 2.29. The van der Waals surface area contributed by atoms with Crippen molar-refractivity contribution in [3.8, 4) is 10.6 Å². The first-order valence-corrected chi connectivity index (χ1v) is 8.01. The van der Waals surface area contributed by atoms with Crippen molar-refractivity contribution in [2.45, 2.75) is 13.0 Å². The molecule has 21 heavy (non-hydrogen) atoms. The molecular formula is C15H15ClN2O2S. The predicted octanol–water partition coefficient (Wildman–Crippen LogP) is 3.32. The molecule has 1 atom stereocenters. The van der Waals surface area contributed by atoms with Crippen LogP contribution >= 0.6 is 22.9 Å². The molecule has 0 saturated carbocycles. The van der Waals surface area contributed by atoms with Crippen molar-refractivity contribution in [2.24, 2.45) is 0 Å². The van der Waals surface area contributed by atoms with Crippen molar-refractivity contribution in [1.82, 2.24) is 9.88 Å². The van der Waals surface area contributed by atoms with Crippen LogP contribution in [-0.4, -0.2) is 41.6 Å². The zero-order valence-corrected chi connectivity index (χ0v) is 13.2. The third-order valence-corrected chi connectivity index (χ3v) is 4.45. The number of halogens is 1. The molecule has 1 aromatic carbocycles. The Morgan fingerprint density at radius 2 is 2.38 bits per heavy atom. The molecule has 0 unspecified atom stereocenters. The number of carbonyl (C=O) groups excluding carboxylic acids is 1. The Hall–Kier alpha value is -1.43. The topological polar surface area (TPSA) is 42.4 Å². The number of amides is 1. The Morgan fingerprint density at radius 3 is 3.14 bits per heavy atom. The number of rotatable bonds is 2. The molecule has 0 aliphatic carbocycles. The smallest absolute Gasteiger partial charge is 0.273 e. The molecule has 1 aliphatic rings. The van der Waals surface area contributed by atoms with E-state index < -0.39 is 0 Å². The largest absolute Gasteiger partial charge is 0.375 e. The summed E-state index contributed by atoms with van der Waals surface area (Å²) >= 11 is 7.45. The van der Waals surface area contributed by atoms with Gasteiger partial charge in [0.2, 0.25) is 0 Å². The number of aromatic nitrogens is 1. The highest BCUT2D eigenvalue weighted by molar-refractivity contribution is 7.13. The summed E-state index contributed by atoms with van der Waals surface area (Å²) in [5, 5.41) is 3.28. The van der Waals surface area contributed by atoms with Crippen LogP contribution in [0.2, 0.25) is 5.02 Å². The zero-order chi connectivity index (χ0) is 14.8. The third-order valence-electron chi connectivity index (χ3n) is 3.32. The lowest BCUT2D eigenvalue weighted by molar-refractivity contribution is -0.0126. The number of ether oxygens (including phenoxy) is 1. The van der Waals surface area contributed by atoms with Gasteiger partial charge in [-0.05, 0) is 19.1 Å². The maximum Gasteiger partial charge on any atom is 0.273 e. The first-order chi connectivity index (χ1) is 10.1. The van der Waals surface area contributed by atoms with E-state index in [0.717, 1.165) is 10.6 Å². The summed E-state index contributed by atoms with van der Waals surface area (Å²) in [6, 6.07) is 7.49. The van der Waals surface area contributed by atoms with Gasteiger partial charge in [-0.3, -0.25) is 4.79 Å². The molecule has 2 aromatic rings. The van der Waals surface area contributed by atoms with Gasteiger partial charge in [0, 0.05) is 29.1 Å². The number of hydrogen-bond acceptors (Lipinski definition) is 4. The number of nitrogens with zero attached hydrogens (tertiary/aromatic N) is 2. The van der Waals surface area contributed by atoms with Crippen LogP contribution in [0.3, 0.4) is 0 Å². The fourth-order valence-corrected chi connectivity index (χ4v) is 3.27. The van der Waals surface area contributed by atoms with E-state index in [0.29, 0.717) is 30.4 Å². The molecule has 1 saturated heterocycles. The van der Waals surface area contributed by atoms with E-state index in [4.69, 9.17) is 16.3 Å². The van der Waals surface area contributed by atoms with Gasteiger partial charge in [-0.1, -0.05) is 23.7 Å². The van der Waals surface area contributed by atoms with Crippen LogP contribution in [-0.2, 0) is 4.74 Å². The standard InChI is InChI=1S/C15H15ClN2O2S/c1-10-8-18(5-6-20-10)15(19)13-9-21-14(17-13)11-3-2-4-12(16)7-11/h2-4,7,9-10H,5-6,8H2,1H3/t10-/m1/s1. The molecule has 0 bridgehead atoms. The van der Waals surface area contributed by atoms with Crippen LogP contribution in [0.15, 0.2) is 29.6 Å². The first kappa shape index (κ1) is 14.5. The van der Waals surface area contributed by atoms with Crippen LogP contribution in [0.25, 0.3) is 10.6 Å². The lowest BCUT2D eigenvalue weighted by Crippen LogP contribution is -2.44. The summed E-state index contributed by atoms with van der Waals surface area (Å²) < 4.78 is 5.46. The van der Waals surface area contributed by atoms with Crippen molar-refractivity contribution in [3.63, 3.8) is 0 Å². The fraction of sp³-hybridized carbons (Fsp3) is 0.333. The quantitative estimate of drug-likeness (QED) is 0.851. The van der Waals surface area contributed by atoms with Gasteiger partial charge in [-0.2, -0.15) is 0 Å². The van der Waals surface area contributed by atoms with Crippen LogP contribution in [0, 0.1) is 0 Å². The second kappa shape index (κ2) is 6.13. The minimum Gasteiger partial charge on any atom is -0.375 e. The number of carbonyl (C=O) groups is 1. The number of morpholine rings is 1. The molecule has 4 nitrogen and oxygen atoms in total. The van der Waals surface area contributed by atoms with Crippen molar-refractivity contribution in [3.05, 3.63) is 40.4 Å². The molecule has 0 radical (unpaired) electrons. The second-order valence-electron chi connectivity index (χ2n) is 4.98. The van der Waals surface area contributed by atoms with E-state index in [1.54, 1.807) is 10.3 Å². The maximum absolute atomic E-state index is 12.4. The Morgan fingerprint density at radius 1 is 1.52 bits per heavy atom. The van der Waals surface area contributed by atoms with Crippen molar-refractivity contribution >= 4 is 28.8 Å². The molecule has 1 aromatic heterocycles. The van der Waals surface area contributed by atoms with Gasteiger partial charge in [0.15, 0.2) is 0 Å². The minimum absolute atomic E-state index is 0.0327. The van der Waals surface area contributed by atoms with Crippen molar-refractivity contribution in [1.29, 1.82) is 0 Å². The van der Waals surface area contributed by atoms with Gasteiger partial charge in [0.1, 0.15) is 10.7 Å². The molecule has 1 aliphatic heterocycles. The van der Waals surface area contributed by atoms with E-state index in [1.807, 2.05) is 31.2 Å². The van der Waals surface area contributed by atoms with Crippen LogP contribution in [0.1, 0.15) is 17.4 Å². The molecule has 0 spiro atoms. The zero-order valence-electron chi connectivity index (χ0n) is 11.6. The highest BCUT2D eigenvalue weighted by Gasteiger charge is 2.24. The predicted molar refractivity (Wildman–Crippen MR) is 83.9 cm³/mol. The van der Waals surface area contributed by atoms with Gasteiger partial charge in [0.05, 0.1) is 12.7 Å². The summed E-state index contributed by atoms with van der Waals surface area (Å²) in [5.74, 6) is -0.0327. The normalized spacial score (nSPS) is 18.8. The van der Waals surface area contributed by atoms with E-state index in [2.05, 4.69) is 4.98 Å². The van der Waals surface area contributed by atoms with E-state index in [-0.39, 0.29) is 12.0 Å². The lowest BCUT2D eigenvalue weighted by atomic mass is 10.2. The Bertz CT molecular complexity index is 659. The minimum atomic E-state index is -0.0327. The molecule has 1 fully saturated rings. The maximum atomic E-state index is 12.4. The monoisotopic (exact) mass is 322 g/mol. The molecule has 1 amide bonds. The van der Waals surface area contributed by atoms with E-state index >= 15 is 0 Å². The van der Waals surface area contributed by atoms with Gasteiger partial charge in [-0.25, -0.2) is 4.98 Å². The summed E-state index contributed by atoms with van der Waals surface area (Å²) in [6.45, 7) is 3.78. The van der Waals surface area contributed by atoms with Gasteiger partial charge >= 0.3 is 0 Å². The van der Waals surface area contributed by atoms with Crippen molar-refractivity contribution < 1.29 is 9.53 Å². The van der Waals surface area contributed by atoms with E-state index in [1.165, 1.54) is 11.3 Å². The third kappa shape index (κ3) is 3.26. The Labute approximate surface area is 132 Å². The summed E-state index contributed by atoms with van der Waals surface area (Å²) in [6.07, 6.45) is 0.0775. The number of benzene rings is 1. The SMILES string of the molecule is C[C@@H]1CN(C(=O)c2csc(-c3cccc(Cl)c3)n2)CCO1. The van der Waals surface area contributed by atoms with Crippen LogP contribution in [0.5, 0.6) is 0 Å². The van der Waals surface area contributed by atoms with E-state index in [9.17, 15) is 4.79 Å². The first-order valence-electron chi connectivity index (χ1n) is 6.76. The number of hydrogen-bond donors (Lipinski definition) is 0. The Kier molecular flexibility index (Phi) is 4.24. The summed E-state index contributed by atoms with van der Waals surface area (Å²) in [4.78, 5) is 18.7. The molecule has 3 rings (SSSR count). The molecule has 0 N–H and O–H groups in total. The van der Waals surface area contributed by atoms with Gasteiger partial charge in [-0.15, -0.1) is 11.3 Å². The summed E-state index contributed by atoms with van der Waals surface area (Å²) in [7, 11) is 0. The molecule has 6 heteroatoms. The highest BCUT2D eigenvalue weighted by atomic mass is 35.5. The highest BCUT2D eigenvalue weighted by Crippen LogP contribution is 2.26. The second-order valence-corrected chi connectivity index (χ2v) is 6.28.